The van der Waals surface area contributed by atoms with Crippen LogP contribution in [-0.4, -0.2) is 20.1 Å². The first kappa shape index (κ1) is 18.1. The maximum atomic E-state index is 11.1. The van der Waals surface area contributed by atoms with Crippen LogP contribution in [0.3, 0.4) is 0 Å². The molecule has 0 unspecified atom stereocenters. The largest absolute Gasteiger partial charge is 1.00 e. The predicted octanol–water partition coefficient (Wildman–Crippen LogP) is -0.868. The molecule has 0 aromatic rings. The molecule has 0 amide bonds. The second-order valence-corrected chi connectivity index (χ2v) is 4.97. The normalized spacial score (nSPS) is 10.3. The average molecular weight is 242 g/mol. The van der Waals surface area contributed by atoms with Crippen molar-refractivity contribution in [3.05, 3.63) is 12.7 Å². The van der Waals surface area contributed by atoms with Crippen LogP contribution < -0.4 is 18.9 Å². The molecule has 0 fully saturated rings. The van der Waals surface area contributed by atoms with Gasteiger partial charge in [0, 0.05) is 6.08 Å². The van der Waals surface area contributed by atoms with Crippen LogP contribution in [0.5, 0.6) is 0 Å². The van der Waals surface area contributed by atoms with E-state index in [0.717, 1.165) is 31.8 Å². The molecule has 0 N–H and O–H groups in total. The molecule has 0 atom stereocenters. The van der Waals surface area contributed by atoms with E-state index in [0.29, 0.717) is 6.42 Å². The van der Waals surface area contributed by atoms with E-state index in [-0.39, 0.29) is 26.0 Å². The van der Waals surface area contributed by atoms with Gasteiger partial charge in [-0.15, -0.1) is 0 Å². The summed E-state index contributed by atoms with van der Waals surface area (Å²) in [6, 6.07) is 0. The van der Waals surface area contributed by atoms with Crippen LogP contribution in [0.2, 0.25) is 0 Å². The van der Waals surface area contributed by atoms with Crippen molar-refractivity contribution in [2.24, 2.45) is 0 Å². The van der Waals surface area contributed by atoms with Crippen molar-refractivity contribution in [2.75, 3.05) is 5.75 Å². The molecule has 0 spiro atoms. The van der Waals surface area contributed by atoms with Crippen molar-refractivity contribution in [3.63, 3.8) is 0 Å². The van der Waals surface area contributed by atoms with Crippen LogP contribution >= 0.6 is 0 Å². The topological polar surface area (TPSA) is 60.4 Å². The molecule has 0 radical (unpaired) electrons. The van der Waals surface area contributed by atoms with Gasteiger partial charge in [-0.2, -0.15) is 8.42 Å². The van der Waals surface area contributed by atoms with E-state index >= 15 is 0 Å². The summed E-state index contributed by atoms with van der Waals surface area (Å²) in [5, 5.41) is 0. The predicted molar refractivity (Wildman–Crippen MR) is 59.9 cm³/mol. The van der Waals surface area contributed by atoms with E-state index in [4.69, 9.17) is 0 Å². The third-order valence-corrected chi connectivity index (χ3v) is 3.08. The molecule has 0 rings (SSSR count). The van der Waals surface area contributed by atoms with Crippen molar-refractivity contribution in [1.29, 1.82) is 0 Å². The molecule has 0 saturated heterocycles. The number of unbranched alkanes of at least 4 members (excludes halogenated alkanes) is 4. The minimum Gasteiger partial charge on any atom is -1.00 e. The van der Waals surface area contributed by atoms with Crippen LogP contribution in [0, 0.1) is 0 Å². The fourth-order valence-corrected chi connectivity index (χ4v) is 2.04. The van der Waals surface area contributed by atoms with Gasteiger partial charge in [0.1, 0.15) is 0 Å². The minimum absolute atomic E-state index is 0. The van der Waals surface area contributed by atoms with E-state index in [9.17, 15) is 13.2 Å². The van der Waals surface area contributed by atoms with E-state index in [1.54, 1.807) is 0 Å². The van der Waals surface area contributed by atoms with Gasteiger partial charge in [0.05, 0.1) is 5.75 Å². The van der Waals surface area contributed by atoms with Gasteiger partial charge in [-0.25, -0.2) is 4.79 Å². The van der Waals surface area contributed by atoms with Crippen LogP contribution in [0.4, 0.5) is 0 Å². The molecule has 0 aromatic carbocycles. The first-order chi connectivity index (χ1) is 7.02. The maximum Gasteiger partial charge on any atom is 1.00 e. The van der Waals surface area contributed by atoms with Crippen LogP contribution in [0.15, 0.2) is 12.7 Å². The Hall–Kier alpha value is -0.243. The van der Waals surface area contributed by atoms with Crippen molar-refractivity contribution < 1.29 is 37.7 Å². The fourth-order valence-electron chi connectivity index (χ4n) is 1.08. The number of carbonyl (C=O) groups excluding carboxylic acids is 1. The molecule has 6 heteroatoms. The molecule has 0 aliphatic rings. The standard InChI is InChI=1S/C10H18O4S.Li.H/c1-3-5-6-7-8-9-15(12,13)14-10(11)4-2;;/h4H,2-3,5-9H2,1H3;;/q;+1;-1. The summed E-state index contributed by atoms with van der Waals surface area (Å²) in [4.78, 5) is 10.6. The average Bonchev–Trinajstić information content (AvgIpc) is 2.16. The van der Waals surface area contributed by atoms with Gasteiger partial charge in [-0.05, 0) is 6.42 Å². The summed E-state index contributed by atoms with van der Waals surface area (Å²) in [5.74, 6) is -1.01. The van der Waals surface area contributed by atoms with Gasteiger partial charge in [-0.1, -0.05) is 39.2 Å². The molecule has 90 valence electrons. The van der Waals surface area contributed by atoms with Crippen molar-refractivity contribution in [1.82, 2.24) is 0 Å². The van der Waals surface area contributed by atoms with Gasteiger partial charge >= 0.3 is 34.9 Å². The third kappa shape index (κ3) is 10.3. The monoisotopic (exact) mass is 242 g/mol. The Bertz CT molecular complexity index is 303. The van der Waals surface area contributed by atoms with Crippen LogP contribution in [0.25, 0.3) is 0 Å². The van der Waals surface area contributed by atoms with E-state index in [2.05, 4.69) is 17.7 Å². The number of rotatable bonds is 8. The second-order valence-electron chi connectivity index (χ2n) is 3.28. The van der Waals surface area contributed by atoms with Gasteiger partial charge < -0.3 is 5.61 Å². The summed E-state index contributed by atoms with van der Waals surface area (Å²) in [6.45, 7) is 5.21. The summed E-state index contributed by atoms with van der Waals surface area (Å²) < 4.78 is 26.5. The molecule has 0 aliphatic heterocycles. The van der Waals surface area contributed by atoms with Crippen LogP contribution in [-0.2, 0) is 19.1 Å². The molecule has 0 aromatic heterocycles. The third-order valence-electron chi connectivity index (χ3n) is 1.87. The molecule has 4 nitrogen and oxygen atoms in total. The van der Waals surface area contributed by atoms with Crippen molar-refractivity contribution in [3.8, 4) is 0 Å². The molecule has 0 aliphatic carbocycles. The van der Waals surface area contributed by atoms with Crippen LogP contribution in [0.1, 0.15) is 40.5 Å². The van der Waals surface area contributed by atoms with Gasteiger partial charge in [0.25, 0.3) is 0 Å². The SMILES string of the molecule is C=CC(=O)OS(=O)(=O)CCCCCCC.[H-].[Li+]. The van der Waals surface area contributed by atoms with E-state index in [1.807, 2.05) is 0 Å². The quantitative estimate of drug-likeness (QED) is 0.240. The van der Waals surface area contributed by atoms with E-state index in [1.165, 1.54) is 0 Å². The molecule has 0 heterocycles. The maximum absolute atomic E-state index is 11.1. The molecular weight excluding hydrogens is 223 g/mol. The number of carbonyl (C=O) groups is 1. The van der Waals surface area contributed by atoms with E-state index < -0.39 is 16.1 Å². The zero-order chi connectivity index (χ0) is 11.7. The Morgan fingerprint density at radius 3 is 2.38 bits per heavy atom. The molecule has 0 saturated carbocycles. The first-order valence-electron chi connectivity index (χ1n) is 5.10. The smallest absolute Gasteiger partial charge is 1.00 e. The van der Waals surface area contributed by atoms with Gasteiger partial charge in [0.15, 0.2) is 0 Å². The minimum atomic E-state index is -3.70. The second kappa shape index (κ2) is 9.95. The molecule has 16 heavy (non-hydrogen) atoms. The fraction of sp³-hybridized carbons (Fsp3) is 0.700. The summed E-state index contributed by atoms with van der Waals surface area (Å²) in [7, 11) is -3.70. The first-order valence-corrected chi connectivity index (χ1v) is 6.68. The molecule has 0 bridgehead atoms. The number of hydrogen-bond acceptors (Lipinski definition) is 4. The van der Waals surface area contributed by atoms with Crippen molar-refractivity contribution >= 4 is 16.1 Å². The summed E-state index contributed by atoms with van der Waals surface area (Å²) in [5.41, 5.74) is 0. The Balaban J connectivity index is -0.000000980. The number of hydrogen-bond donors (Lipinski definition) is 0. The summed E-state index contributed by atoms with van der Waals surface area (Å²) in [6.07, 6.45) is 5.45. The Kier molecular flexibility index (Phi) is 11.3. The Labute approximate surface area is 111 Å². The van der Waals surface area contributed by atoms with Crippen molar-refractivity contribution in [2.45, 2.75) is 39.0 Å². The summed E-state index contributed by atoms with van der Waals surface area (Å²) >= 11 is 0. The van der Waals surface area contributed by atoms with Gasteiger partial charge in [0.2, 0.25) is 0 Å². The zero-order valence-corrected chi connectivity index (χ0v) is 10.9. The Morgan fingerprint density at radius 1 is 1.31 bits per heavy atom. The zero-order valence-electron chi connectivity index (χ0n) is 11.1. The Morgan fingerprint density at radius 2 is 1.88 bits per heavy atom. The van der Waals surface area contributed by atoms with Gasteiger partial charge in [-0.3, -0.25) is 0 Å². The molecular formula is C10H19LiO4S.